The summed E-state index contributed by atoms with van der Waals surface area (Å²) in [5.74, 6) is -0.191. The normalized spacial score (nSPS) is 14.8. The van der Waals surface area contributed by atoms with Crippen molar-refractivity contribution in [3.63, 3.8) is 0 Å². The second-order valence-corrected chi connectivity index (χ2v) is 10.5. The van der Waals surface area contributed by atoms with Crippen molar-refractivity contribution in [1.82, 2.24) is 9.97 Å². The zero-order valence-corrected chi connectivity index (χ0v) is 23.9. The molecule has 8 nitrogen and oxygen atoms in total. The summed E-state index contributed by atoms with van der Waals surface area (Å²) in [5.41, 5.74) is 5.22. The van der Waals surface area contributed by atoms with Crippen LogP contribution >= 0.6 is 0 Å². The first-order valence-electron chi connectivity index (χ1n) is 14.8. The number of benzene rings is 2. The van der Waals surface area contributed by atoms with Gasteiger partial charge >= 0.3 is 0 Å². The molecule has 2 aromatic carbocycles. The molecule has 6 rings (SSSR count). The summed E-state index contributed by atoms with van der Waals surface area (Å²) in [5, 5.41) is 6.03. The second-order valence-electron chi connectivity index (χ2n) is 10.5. The molecule has 0 spiro atoms. The highest BCUT2D eigenvalue weighted by molar-refractivity contribution is 6.06. The number of amides is 2. The van der Waals surface area contributed by atoms with Gasteiger partial charge in [0.25, 0.3) is 11.8 Å². The van der Waals surface area contributed by atoms with Gasteiger partial charge in [0.2, 0.25) is 0 Å². The fourth-order valence-electron chi connectivity index (χ4n) is 5.38. The highest BCUT2D eigenvalue weighted by Crippen LogP contribution is 2.29. The Hall–Kier alpha value is -4.72. The minimum atomic E-state index is -0.0955. The fourth-order valence-corrected chi connectivity index (χ4v) is 5.38. The van der Waals surface area contributed by atoms with E-state index in [1.165, 1.54) is 38.5 Å². The number of nitrogens with zero attached hydrogens (tertiary/aromatic N) is 4. The lowest BCUT2D eigenvalue weighted by atomic mass is 10.1. The third-order valence-corrected chi connectivity index (χ3v) is 7.58. The first kappa shape index (κ1) is 28.8. The lowest BCUT2D eigenvalue weighted by Crippen LogP contribution is -2.30. The number of pyridine rings is 2. The number of rotatable bonds is 6. The molecule has 42 heavy (non-hydrogen) atoms. The van der Waals surface area contributed by atoms with E-state index in [2.05, 4.69) is 42.5 Å². The van der Waals surface area contributed by atoms with Crippen LogP contribution in [-0.2, 0) is 0 Å². The van der Waals surface area contributed by atoms with Crippen LogP contribution < -0.4 is 20.4 Å². The molecule has 216 valence electrons. The van der Waals surface area contributed by atoms with Crippen molar-refractivity contribution in [1.29, 1.82) is 0 Å². The average Bonchev–Trinajstić information content (AvgIpc) is 3.07. The topological polar surface area (TPSA) is 90.5 Å². The molecule has 0 aliphatic carbocycles. The Morgan fingerprint density at radius 1 is 0.500 bits per heavy atom. The Bertz CT molecular complexity index is 1320. The largest absolute Gasteiger partial charge is 0.370 e. The fraction of sp³-hybridized carbons (Fsp3) is 0.294. The van der Waals surface area contributed by atoms with E-state index in [-0.39, 0.29) is 11.8 Å². The van der Waals surface area contributed by atoms with Gasteiger partial charge in [0.1, 0.15) is 0 Å². The smallest absolute Gasteiger partial charge is 0.255 e. The second kappa shape index (κ2) is 14.8. The van der Waals surface area contributed by atoms with Crippen molar-refractivity contribution in [2.45, 2.75) is 38.5 Å². The molecule has 2 amide bonds. The van der Waals surface area contributed by atoms with E-state index in [4.69, 9.17) is 0 Å². The van der Waals surface area contributed by atoms with Gasteiger partial charge in [0.15, 0.2) is 0 Å². The van der Waals surface area contributed by atoms with Crippen LogP contribution in [0.15, 0.2) is 97.6 Å². The number of aromatic nitrogens is 2. The van der Waals surface area contributed by atoms with Crippen molar-refractivity contribution in [2.75, 3.05) is 46.6 Å². The summed E-state index contributed by atoms with van der Waals surface area (Å²) in [7, 11) is 0. The Morgan fingerprint density at radius 2 is 0.857 bits per heavy atom. The van der Waals surface area contributed by atoms with Crippen LogP contribution in [0.3, 0.4) is 0 Å². The van der Waals surface area contributed by atoms with Gasteiger partial charge in [-0.05, 0) is 87.1 Å². The van der Waals surface area contributed by atoms with Gasteiger partial charge in [-0.25, -0.2) is 0 Å². The number of carbonyl (C=O) groups is 2. The van der Waals surface area contributed by atoms with Crippen LogP contribution in [0.1, 0.15) is 59.2 Å². The van der Waals surface area contributed by atoms with Crippen molar-refractivity contribution in [3.8, 4) is 0 Å². The summed E-state index contributed by atoms with van der Waals surface area (Å²) in [4.78, 5) is 37.2. The zero-order chi connectivity index (χ0) is 29.0. The van der Waals surface area contributed by atoms with Gasteiger partial charge in [-0.2, -0.15) is 0 Å². The van der Waals surface area contributed by atoms with Crippen molar-refractivity contribution < 1.29 is 9.59 Å². The Kier molecular flexibility index (Phi) is 10.1. The molecule has 2 aromatic heterocycles. The monoisotopic (exact) mass is 562 g/mol. The number of carbonyl (C=O) groups excluding carboxylic acids is 2. The number of hydrogen-bond acceptors (Lipinski definition) is 6. The zero-order valence-electron chi connectivity index (χ0n) is 23.9. The minimum Gasteiger partial charge on any atom is -0.370 e. The van der Waals surface area contributed by atoms with Crippen molar-refractivity contribution in [2.24, 2.45) is 0 Å². The molecule has 0 bridgehead atoms. The molecule has 4 aromatic rings. The predicted octanol–water partition coefficient (Wildman–Crippen LogP) is 6.65. The van der Waals surface area contributed by atoms with Crippen molar-refractivity contribution in [3.05, 3.63) is 109 Å². The summed E-state index contributed by atoms with van der Waals surface area (Å²) >= 11 is 0. The molecule has 0 saturated carbocycles. The number of nitrogens with one attached hydrogen (secondary N) is 2. The van der Waals surface area contributed by atoms with E-state index in [1.54, 1.807) is 49.1 Å². The standard InChI is InChI=1S/2C17H19N3O/c2*21-17(14-8-10-18-11-9-14)19-15-6-2-3-7-16(15)20-12-4-1-5-13-20/h2*2-3,6-11H,1,4-5,12-13H2,(H,19,21). The lowest BCUT2D eigenvalue weighted by molar-refractivity contribution is 0.101. The minimum absolute atomic E-state index is 0.0955. The maximum Gasteiger partial charge on any atom is 0.255 e. The quantitative estimate of drug-likeness (QED) is 0.274. The highest BCUT2D eigenvalue weighted by atomic mass is 16.2. The van der Waals surface area contributed by atoms with Crippen LogP contribution in [-0.4, -0.2) is 48.0 Å². The lowest BCUT2D eigenvalue weighted by Gasteiger charge is -2.30. The summed E-state index contributed by atoms with van der Waals surface area (Å²) < 4.78 is 0. The SMILES string of the molecule is O=C(Nc1ccccc1N1CCCCC1)c1ccncc1.O=C(Nc1ccccc1N1CCCCC1)c1ccncc1. The number of anilines is 4. The molecule has 2 aliphatic rings. The molecular weight excluding hydrogens is 524 g/mol. The van der Waals surface area contributed by atoms with Gasteiger partial charge in [-0.3, -0.25) is 19.6 Å². The van der Waals surface area contributed by atoms with E-state index in [0.717, 1.165) is 48.9 Å². The molecule has 8 heteroatoms. The van der Waals surface area contributed by atoms with Gasteiger partial charge < -0.3 is 20.4 Å². The van der Waals surface area contributed by atoms with E-state index >= 15 is 0 Å². The third-order valence-electron chi connectivity index (χ3n) is 7.58. The van der Waals surface area contributed by atoms with Crippen LogP contribution in [0.25, 0.3) is 0 Å². The molecule has 0 unspecified atom stereocenters. The van der Waals surface area contributed by atoms with Gasteiger partial charge in [0.05, 0.1) is 22.7 Å². The number of hydrogen-bond donors (Lipinski definition) is 2. The summed E-state index contributed by atoms with van der Waals surface area (Å²) in [6.45, 7) is 4.23. The van der Waals surface area contributed by atoms with Gasteiger partial charge in [-0.1, -0.05) is 24.3 Å². The first-order chi connectivity index (χ1) is 20.7. The van der Waals surface area contributed by atoms with Gasteiger partial charge in [0, 0.05) is 62.1 Å². The van der Waals surface area contributed by atoms with Crippen LogP contribution in [0.4, 0.5) is 22.7 Å². The third kappa shape index (κ3) is 7.72. The van der Waals surface area contributed by atoms with E-state index in [0.29, 0.717) is 11.1 Å². The molecule has 2 saturated heterocycles. The maximum absolute atomic E-state index is 12.3. The summed E-state index contributed by atoms with van der Waals surface area (Å²) in [6.07, 6.45) is 14.0. The number of piperidine rings is 2. The van der Waals surface area contributed by atoms with Crippen molar-refractivity contribution >= 4 is 34.6 Å². The Labute approximate surface area is 247 Å². The first-order valence-corrected chi connectivity index (χ1v) is 14.8. The molecule has 2 fully saturated rings. The van der Waals surface area contributed by atoms with Gasteiger partial charge in [-0.15, -0.1) is 0 Å². The predicted molar refractivity (Wildman–Crippen MR) is 169 cm³/mol. The van der Waals surface area contributed by atoms with E-state index in [1.807, 2.05) is 36.4 Å². The molecule has 2 N–H and O–H groups in total. The van der Waals surface area contributed by atoms with E-state index < -0.39 is 0 Å². The van der Waals surface area contributed by atoms with E-state index in [9.17, 15) is 9.59 Å². The molecular formula is C34H38N6O2. The average molecular weight is 563 g/mol. The summed E-state index contributed by atoms with van der Waals surface area (Å²) in [6, 6.07) is 22.9. The van der Waals surface area contributed by atoms with Crippen LogP contribution in [0.5, 0.6) is 0 Å². The highest BCUT2D eigenvalue weighted by Gasteiger charge is 2.17. The van der Waals surface area contributed by atoms with Crippen LogP contribution in [0, 0.1) is 0 Å². The number of para-hydroxylation sites is 4. The molecule has 0 radical (unpaired) electrons. The molecule has 2 aliphatic heterocycles. The maximum atomic E-state index is 12.3. The molecule has 4 heterocycles. The Morgan fingerprint density at radius 3 is 1.24 bits per heavy atom. The molecule has 0 atom stereocenters. The Balaban J connectivity index is 0.000000168. The van der Waals surface area contributed by atoms with Crippen LogP contribution in [0.2, 0.25) is 0 Å².